The monoisotopic (exact) mass is 497 g/mol. The van der Waals surface area contributed by atoms with E-state index in [0.29, 0.717) is 81.4 Å². The highest BCUT2D eigenvalue weighted by atomic mass is 16.7. The summed E-state index contributed by atoms with van der Waals surface area (Å²) in [4.78, 5) is 15.7. The standard InChI is InChI=1S/C26H27NO9/c1-27-10-16(6-14-8-18(29-2)23-25(21(14)31-4)35-12-33-23)20(28)17(11-27)7-15-9-19(30-3)24-26(22(15)32-5)36-13-34-24/h6-9H,10-13H2,1-5H3. The number of nitrogens with zero attached hydrogens (tertiary/aromatic N) is 1. The zero-order valence-electron chi connectivity index (χ0n) is 20.8. The van der Waals surface area contributed by atoms with Gasteiger partial charge in [0.05, 0.1) is 28.4 Å². The number of carbonyl (C=O) groups is 1. The third-order valence-electron chi connectivity index (χ3n) is 6.15. The molecule has 0 atom stereocenters. The van der Waals surface area contributed by atoms with Crippen LogP contribution in [0.5, 0.6) is 46.0 Å². The number of fused-ring (bicyclic) bond motifs is 2. The lowest BCUT2D eigenvalue weighted by atomic mass is 9.94. The molecule has 0 aromatic heterocycles. The van der Waals surface area contributed by atoms with Gasteiger partial charge in [0.1, 0.15) is 0 Å². The molecule has 0 N–H and O–H groups in total. The van der Waals surface area contributed by atoms with Crippen molar-refractivity contribution >= 4 is 17.9 Å². The molecule has 1 fully saturated rings. The average Bonchev–Trinajstić information content (AvgIpc) is 3.56. The van der Waals surface area contributed by atoms with Gasteiger partial charge in [0.2, 0.25) is 36.6 Å². The Hall–Kier alpha value is -4.05. The predicted molar refractivity (Wildman–Crippen MR) is 130 cm³/mol. The quantitative estimate of drug-likeness (QED) is 0.554. The van der Waals surface area contributed by atoms with Crippen molar-refractivity contribution in [2.24, 2.45) is 0 Å². The van der Waals surface area contributed by atoms with Gasteiger partial charge in [-0.15, -0.1) is 0 Å². The molecule has 0 aliphatic carbocycles. The minimum Gasteiger partial charge on any atom is -0.493 e. The summed E-state index contributed by atoms with van der Waals surface area (Å²) in [5.41, 5.74) is 2.47. The number of Topliss-reactive ketones (excluding diaryl/α,β-unsaturated/α-hetero) is 1. The summed E-state index contributed by atoms with van der Waals surface area (Å²) >= 11 is 0. The highest BCUT2D eigenvalue weighted by Gasteiger charge is 2.31. The van der Waals surface area contributed by atoms with Crippen LogP contribution in [0.25, 0.3) is 12.2 Å². The summed E-state index contributed by atoms with van der Waals surface area (Å²) in [6, 6.07) is 3.55. The molecular formula is C26H27NO9. The lowest BCUT2D eigenvalue weighted by Crippen LogP contribution is -2.34. The molecule has 0 spiro atoms. The van der Waals surface area contributed by atoms with Gasteiger partial charge >= 0.3 is 0 Å². The Balaban J connectivity index is 1.58. The summed E-state index contributed by atoms with van der Waals surface area (Å²) in [6.45, 7) is 1.05. The SMILES string of the molecule is COc1cc(C=C2CN(C)CC(=Cc3cc(OC)c4c(c3OC)OCO4)C2=O)c(OC)c2c1OCO2. The second-order valence-electron chi connectivity index (χ2n) is 8.37. The summed E-state index contributed by atoms with van der Waals surface area (Å²) in [6.07, 6.45) is 3.60. The molecule has 10 nitrogen and oxygen atoms in total. The molecule has 0 amide bonds. The van der Waals surface area contributed by atoms with Crippen molar-refractivity contribution in [1.82, 2.24) is 4.90 Å². The van der Waals surface area contributed by atoms with E-state index in [1.165, 1.54) is 0 Å². The fourth-order valence-corrected chi connectivity index (χ4v) is 4.59. The first-order valence-corrected chi connectivity index (χ1v) is 11.2. The third-order valence-corrected chi connectivity index (χ3v) is 6.15. The number of piperidine rings is 1. The van der Waals surface area contributed by atoms with Crippen LogP contribution in [0.15, 0.2) is 23.3 Å². The number of carbonyl (C=O) groups excluding carboxylic acids is 1. The second kappa shape index (κ2) is 9.54. The Morgan fingerprint density at radius 1 is 0.694 bits per heavy atom. The fourth-order valence-electron chi connectivity index (χ4n) is 4.59. The zero-order chi connectivity index (χ0) is 25.4. The Morgan fingerprint density at radius 2 is 1.11 bits per heavy atom. The highest BCUT2D eigenvalue weighted by Crippen LogP contribution is 2.51. The largest absolute Gasteiger partial charge is 0.493 e. The zero-order valence-corrected chi connectivity index (χ0v) is 20.8. The van der Waals surface area contributed by atoms with E-state index in [4.69, 9.17) is 37.9 Å². The van der Waals surface area contributed by atoms with E-state index in [-0.39, 0.29) is 19.4 Å². The number of methoxy groups -OCH3 is 4. The molecule has 36 heavy (non-hydrogen) atoms. The van der Waals surface area contributed by atoms with Crippen LogP contribution >= 0.6 is 0 Å². The van der Waals surface area contributed by atoms with Crippen LogP contribution in [0.1, 0.15) is 11.1 Å². The van der Waals surface area contributed by atoms with Gasteiger partial charge in [0.15, 0.2) is 28.8 Å². The molecular weight excluding hydrogens is 470 g/mol. The Morgan fingerprint density at radius 3 is 1.50 bits per heavy atom. The Kier molecular flexibility index (Phi) is 6.27. The van der Waals surface area contributed by atoms with E-state index < -0.39 is 0 Å². The number of likely N-dealkylation sites (tertiary alicyclic amines) is 1. The second-order valence-corrected chi connectivity index (χ2v) is 8.37. The third kappa shape index (κ3) is 3.93. The van der Waals surface area contributed by atoms with Crippen molar-refractivity contribution in [2.45, 2.75) is 0 Å². The molecule has 0 bridgehead atoms. The van der Waals surface area contributed by atoms with Gasteiger partial charge in [0.25, 0.3) is 0 Å². The van der Waals surface area contributed by atoms with Crippen LogP contribution < -0.4 is 37.9 Å². The van der Waals surface area contributed by atoms with Crippen molar-refractivity contribution in [1.29, 1.82) is 0 Å². The predicted octanol–water partition coefficient (Wildman–Crippen LogP) is 3.16. The topological polar surface area (TPSA) is 94.2 Å². The maximum Gasteiger partial charge on any atom is 0.231 e. The minimum atomic E-state index is -0.0922. The number of rotatable bonds is 6. The van der Waals surface area contributed by atoms with E-state index in [9.17, 15) is 4.79 Å². The maximum atomic E-state index is 13.6. The summed E-state index contributed by atoms with van der Waals surface area (Å²) in [5.74, 6) is 3.72. The lowest BCUT2D eigenvalue weighted by Gasteiger charge is -2.26. The van der Waals surface area contributed by atoms with Crippen molar-refractivity contribution < 1.29 is 42.7 Å². The molecule has 190 valence electrons. The van der Waals surface area contributed by atoms with Crippen LogP contribution in [-0.4, -0.2) is 72.8 Å². The molecule has 0 saturated carbocycles. The summed E-state index contributed by atoms with van der Waals surface area (Å²) in [7, 11) is 8.14. The number of ketones is 1. The van der Waals surface area contributed by atoms with Gasteiger partial charge in [-0.1, -0.05) is 0 Å². The first-order valence-electron chi connectivity index (χ1n) is 11.2. The van der Waals surface area contributed by atoms with Crippen LogP contribution in [0.3, 0.4) is 0 Å². The van der Waals surface area contributed by atoms with E-state index in [1.54, 1.807) is 52.7 Å². The van der Waals surface area contributed by atoms with Crippen molar-refractivity contribution in [3.05, 3.63) is 34.4 Å². The first kappa shape index (κ1) is 23.7. The lowest BCUT2D eigenvalue weighted by molar-refractivity contribution is -0.113. The van der Waals surface area contributed by atoms with Crippen LogP contribution in [0.2, 0.25) is 0 Å². The van der Waals surface area contributed by atoms with Gasteiger partial charge in [-0.2, -0.15) is 0 Å². The van der Waals surface area contributed by atoms with Crippen LogP contribution in [0.4, 0.5) is 0 Å². The highest BCUT2D eigenvalue weighted by molar-refractivity contribution is 6.15. The summed E-state index contributed by atoms with van der Waals surface area (Å²) < 4.78 is 44.5. The minimum absolute atomic E-state index is 0.0669. The van der Waals surface area contributed by atoms with E-state index in [2.05, 4.69) is 0 Å². The van der Waals surface area contributed by atoms with E-state index in [1.807, 2.05) is 11.9 Å². The molecule has 0 radical (unpaired) electrons. The van der Waals surface area contributed by atoms with Crippen molar-refractivity contribution in [2.75, 3.05) is 62.2 Å². The average molecular weight is 498 g/mol. The molecule has 3 aliphatic rings. The van der Waals surface area contributed by atoms with E-state index >= 15 is 0 Å². The molecule has 3 heterocycles. The van der Waals surface area contributed by atoms with Crippen molar-refractivity contribution in [3.8, 4) is 46.0 Å². The molecule has 10 heteroatoms. The number of hydrogen-bond donors (Lipinski definition) is 0. The number of hydrogen-bond acceptors (Lipinski definition) is 10. The Bertz CT molecular complexity index is 1190. The maximum absolute atomic E-state index is 13.6. The van der Waals surface area contributed by atoms with E-state index in [0.717, 1.165) is 0 Å². The van der Waals surface area contributed by atoms with Crippen molar-refractivity contribution in [3.63, 3.8) is 0 Å². The number of ether oxygens (including phenoxy) is 8. The van der Waals surface area contributed by atoms with Crippen LogP contribution in [-0.2, 0) is 4.79 Å². The number of likely N-dealkylation sites (N-methyl/N-ethyl adjacent to an activating group) is 1. The molecule has 3 aliphatic heterocycles. The van der Waals surface area contributed by atoms with Gasteiger partial charge in [0, 0.05) is 35.4 Å². The molecule has 0 unspecified atom stereocenters. The normalized spacial score (nSPS) is 18.6. The molecule has 5 rings (SSSR count). The fraction of sp³-hybridized carbons (Fsp3) is 0.346. The smallest absolute Gasteiger partial charge is 0.231 e. The van der Waals surface area contributed by atoms with Gasteiger partial charge < -0.3 is 37.9 Å². The van der Waals surface area contributed by atoms with Gasteiger partial charge in [-0.3, -0.25) is 9.69 Å². The first-order chi connectivity index (χ1) is 17.5. The van der Waals surface area contributed by atoms with Crippen LogP contribution in [0, 0.1) is 0 Å². The molecule has 1 saturated heterocycles. The Labute approximate surface area is 208 Å². The van der Waals surface area contributed by atoms with Gasteiger partial charge in [-0.05, 0) is 31.3 Å². The molecule has 2 aromatic rings. The molecule has 2 aromatic carbocycles. The van der Waals surface area contributed by atoms with Gasteiger partial charge in [-0.25, -0.2) is 0 Å². The summed E-state index contributed by atoms with van der Waals surface area (Å²) in [5, 5.41) is 0. The number of benzene rings is 2.